The molecule has 3 aromatic rings. The van der Waals surface area contributed by atoms with Crippen LogP contribution >= 0.6 is 0 Å². The van der Waals surface area contributed by atoms with Gasteiger partial charge in [-0.15, -0.1) is 0 Å². The number of likely N-dealkylation sites (N-methyl/N-ethyl adjacent to an activating group) is 1. The molecule has 4 rings (SSSR count). The normalized spacial score (nSPS) is 18.0. The fourth-order valence-corrected chi connectivity index (χ4v) is 3.50. The van der Waals surface area contributed by atoms with Crippen LogP contribution in [0, 0.1) is 0 Å². The maximum atomic E-state index is 9.71. The molecule has 1 aliphatic rings. The van der Waals surface area contributed by atoms with E-state index in [4.69, 9.17) is 0 Å². The second-order valence-corrected chi connectivity index (χ2v) is 7.14. The number of fused-ring (bicyclic) bond motifs is 1. The van der Waals surface area contributed by atoms with Gasteiger partial charge in [-0.25, -0.2) is 4.98 Å². The molecule has 1 unspecified atom stereocenters. The van der Waals surface area contributed by atoms with Gasteiger partial charge in [0.2, 0.25) is 0 Å². The van der Waals surface area contributed by atoms with Crippen molar-refractivity contribution in [2.24, 2.45) is 0 Å². The van der Waals surface area contributed by atoms with E-state index >= 15 is 0 Å². The molecule has 3 heterocycles. The summed E-state index contributed by atoms with van der Waals surface area (Å²) in [5.41, 5.74) is 3.44. The fourth-order valence-electron chi connectivity index (χ4n) is 3.50. The van der Waals surface area contributed by atoms with E-state index in [-0.39, 0.29) is 6.61 Å². The number of hydrogen-bond acceptors (Lipinski definition) is 6. The number of aliphatic hydroxyl groups excluding tert-OH is 1. The number of piperazine rings is 1. The minimum Gasteiger partial charge on any atom is -0.392 e. The molecular weight excluding hydrogens is 338 g/mol. The third-order valence-electron chi connectivity index (χ3n) is 5.33. The van der Waals surface area contributed by atoms with Crippen LogP contribution in [0.1, 0.15) is 12.5 Å². The summed E-state index contributed by atoms with van der Waals surface area (Å²) in [6.07, 6.45) is 3.58. The minimum atomic E-state index is -0.0646. The Morgan fingerprint density at radius 3 is 2.70 bits per heavy atom. The van der Waals surface area contributed by atoms with Crippen molar-refractivity contribution in [3.63, 3.8) is 0 Å². The first kappa shape index (κ1) is 17.7. The molecule has 0 radical (unpaired) electrons. The Balaban J connectivity index is 1.58. The van der Waals surface area contributed by atoms with Crippen LogP contribution in [0.4, 0.5) is 17.2 Å². The molecule has 0 aliphatic carbocycles. The van der Waals surface area contributed by atoms with E-state index in [9.17, 15) is 5.11 Å². The maximum Gasteiger partial charge on any atom is 0.128 e. The van der Waals surface area contributed by atoms with Crippen molar-refractivity contribution >= 4 is 28.1 Å². The molecule has 6 nitrogen and oxygen atoms in total. The van der Waals surface area contributed by atoms with Gasteiger partial charge in [0.1, 0.15) is 5.82 Å². The van der Waals surface area contributed by atoms with Crippen LogP contribution in [-0.2, 0) is 6.61 Å². The first-order chi connectivity index (χ1) is 13.2. The molecule has 2 N–H and O–H groups in total. The molecule has 1 aliphatic heterocycles. The van der Waals surface area contributed by atoms with Crippen molar-refractivity contribution in [2.45, 2.75) is 19.6 Å². The number of aliphatic hydroxyl groups is 1. The second-order valence-electron chi connectivity index (χ2n) is 7.14. The van der Waals surface area contributed by atoms with Gasteiger partial charge in [0.05, 0.1) is 29.7 Å². The van der Waals surface area contributed by atoms with Crippen LogP contribution < -0.4 is 10.2 Å². The van der Waals surface area contributed by atoms with Gasteiger partial charge in [-0.3, -0.25) is 4.98 Å². The molecule has 1 atom stereocenters. The first-order valence-electron chi connectivity index (χ1n) is 9.31. The van der Waals surface area contributed by atoms with Crippen molar-refractivity contribution in [1.29, 1.82) is 0 Å². The molecule has 1 fully saturated rings. The zero-order valence-electron chi connectivity index (χ0n) is 15.8. The fraction of sp³-hybridized carbons (Fsp3) is 0.333. The van der Waals surface area contributed by atoms with Crippen molar-refractivity contribution in [2.75, 3.05) is 36.9 Å². The summed E-state index contributed by atoms with van der Waals surface area (Å²) in [5, 5.41) is 14.1. The van der Waals surface area contributed by atoms with Crippen molar-refractivity contribution in [3.05, 3.63) is 54.4 Å². The van der Waals surface area contributed by atoms with Crippen LogP contribution in [0.5, 0.6) is 0 Å². The molecule has 140 valence electrons. The van der Waals surface area contributed by atoms with Crippen LogP contribution in [0.2, 0.25) is 0 Å². The van der Waals surface area contributed by atoms with E-state index in [0.717, 1.165) is 53.3 Å². The number of benzene rings is 1. The largest absolute Gasteiger partial charge is 0.392 e. The quantitative estimate of drug-likeness (QED) is 0.743. The highest BCUT2D eigenvalue weighted by Gasteiger charge is 2.21. The smallest absolute Gasteiger partial charge is 0.128 e. The molecule has 2 aromatic heterocycles. The Morgan fingerprint density at radius 2 is 1.96 bits per heavy atom. The van der Waals surface area contributed by atoms with E-state index in [1.165, 1.54) is 0 Å². The number of hydrogen-bond donors (Lipinski definition) is 2. The third kappa shape index (κ3) is 3.59. The lowest BCUT2D eigenvalue weighted by Gasteiger charge is -2.38. The highest BCUT2D eigenvalue weighted by atomic mass is 16.3. The van der Waals surface area contributed by atoms with Gasteiger partial charge < -0.3 is 20.2 Å². The van der Waals surface area contributed by atoms with Crippen molar-refractivity contribution in [3.8, 4) is 0 Å². The maximum absolute atomic E-state index is 9.71. The van der Waals surface area contributed by atoms with Crippen LogP contribution in [0.3, 0.4) is 0 Å². The van der Waals surface area contributed by atoms with E-state index in [2.05, 4.69) is 45.1 Å². The topological polar surface area (TPSA) is 64.5 Å². The molecule has 0 amide bonds. The number of aromatic nitrogens is 2. The minimum absolute atomic E-state index is 0.0646. The monoisotopic (exact) mass is 363 g/mol. The Hall–Kier alpha value is -2.70. The number of anilines is 3. The molecular formula is C21H25N5O. The average Bonchev–Trinajstić information content (AvgIpc) is 2.71. The highest BCUT2D eigenvalue weighted by molar-refractivity contribution is 5.94. The lowest BCUT2D eigenvalue weighted by atomic mass is 10.1. The van der Waals surface area contributed by atoms with Crippen LogP contribution in [0.25, 0.3) is 10.9 Å². The van der Waals surface area contributed by atoms with Gasteiger partial charge in [0, 0.05) is 42.8 Å². The van der Waals surface area contributed by atoms with Gasteiger partial charge in [-0.2, -0.15) is 0 Å². The van der Waals surface area contributed by atoms with E-state index < -0.39 is 0 Å². The standard InChI is InChI=1S/C21H25N5O/c1-15-13-26(10-9-25(15)2)20-8-7-17(12-23-20)24-21-16(14-27)11-22-19-6-4-3-5-18(19)21/h3-8,11-12,15,27H,9-10,13-14H2,1-2H3,(H,22,24). The Morgan fingerprint density at radius 1 is 1.11 bits per heavy atom. The Bertz CT molecular complexity index is 928. The number of nitrogens with one attached hydrogen (secondary N) is 1. The van der Waals surface area contributed by atoms with Crippen molar-refractivity contribution in [1.82, 2.24) is 14.9 Å². The zero-order valence-corrected chi connectivity index (χ0v) is 15.8. The lowest BCUT2D eigenvalue weighted by molar-refractivity contribution is 0.233. The van der Waals surface area contributed by atoms with Gasteiger partial charge in [-0.05, 0) is 32.2 Å². The van der Waals surface area contributed by atoms with E-state index in [0.29, 0.717) is 6.04 Å². The van der Waals surface area contributed by atoms with Gasteiger partial charge >= 0.3 is 0 Å². The lowest BCUT2D eigenvalue weighted by Crippen LogP contribution is -2.50. The summed E-state index contributed by atoms with van der Waals surface area (Å²) in [4.78, 5) is 13.8. The summed E-state index contributed by atoms with van der Waals surface area (Å²) < 4.78 is 0. The molecule has 27 heavy (non-hydrogen) atoms. The number of pyridine rings is 2. The number of para-hydroxylation sites is 1. The van der Waals surface area contributed by atoms with Crippen LogP contribution in [-0.4, -0.2) is 52.7 Å². The van der Waals surface area contributed by atoms with E-state index in [1.807, 2.05) is 36.5 Å². The van der Waals surface area contributed by atoms with Gasteiger partial charge in [0.15, 0.2) is 0 Å². The summed E-state index contributed by atoms with van der Waals surface area (Å²) in [5.74, 6) is 1.00. The van der Waals surface area contributed by atoms with Crippen molar-refractivity contribution < 1.29 is 5.11 Å². The zero-order chi connectivity index (χ0) is 18.8. The van der Waals surface area contributed by atoms with Gasteiger partial charge in [0.25, 0.3) is 0 Å². The molecule has 0 spiro atoms. The summed E-state index contributed by atoms with van der Waals surface area (Å²) in [6, 6.07) is 12.5. The molecule has 0 saturated carbocycles. The predicted molar refractivity (Wildman–Crippen MR) is 109 cm³/mol. The number of rotatable bonds is 4. The number of nitrogens with zero attached hydrogens (tertiary/aromatic N) is 4. The molecule has 1 saturated heterocycles. The molecule has 6 heteroatoms. The van der Waals surface area contributed by atoms with E-state index in [1.54, 1.807) is 6.20 Å². The Kier molecular flexibility index (Phi) is 4.92. The first-order valence-corrected chi connectivity index (χ1v) is 9.31. The Labute approximate surface area is 159 Å². The highest BCUT2D eigenvalue weighted by Crippen LogP contribution is 2.29. The molecule has 1 aromatic carbocycles. The third-order valence-corrected chi connectivity index (χ3v) is 5.33. The average molecular weight is 363 g/mol. The molecule has 0 bridgehead atoms. The second kappa shape index (κ2) is 7.50. The SMILES string of the molecule is CC1CN(c2ccc(Nc3c(CO)cnc4ccccc34)cn2)CCN1C. The summed E-state index contributed by atoms with van der Waals surface area (Å²) >= 11 is 0. The summed E-state index contributed by atoms with van der Waals surface area (Å²) in [7, 11) is 2.17. The summed E-state index contributed by atoms with van der Waals surface area (Å²) in [6.45, 7) is 5.20. The van der Waals surface area contributed by atoms with Gasteiger partial charge in [-0.1, -0.05) is 18.2 Å². The predicted octanol–water partition coefficient (Wildman–Crippen LogP) is 3.01. The van der Waals surface area contributed by atoms with Crippen LogP contribution in [0.15, 0.2) is 48.8 Å².